The highest BCUT2D eigenvalue weighted by Crippen LogP contribution is 2.12. The molecule has 0 fully saturated rings. The molecule has 1 aromatic carbocycles. The van der Waals surface area contributed by atoms with Crippen LogP contribution in [0.15, 0.2) is 18.2 Å². The molecule has 0 saturated carbocycles. The second-order valence-electron chi connectivity index (χ2n) is 6.11. The van der Waals surface area contributed by atoms with Gasteiger partial charge in [0.2, 0.25) is 5.91 Å². The monoisotopic (exact) mass is 312 g/mol. The highest BCUT2D eigenvalue weighted by atomic mass is 19.2. The van der Waals surface area contributed by atoms with Gasteiger partial charge in [0.15, 0.2) is 11.6 Å². The number of hydrogen-bond acceptors (Lipinski definition) is 2. The lowest BCUT2D eigenvalue weighted by molar-refractivity contribution is -0.130. The number of halogens is 2. The number of carbonyl (C=O) groups excluding carboxylic acids is 1. The Morgan fingerprint density at radius 1 is 1.27 bits per heavy atom. The van der Waals surface area contributed by atoms with Crippen molar-refractivity contribution >= 4 is 5.91 Å². The van der Waals surface area contributed by atoms with Gasteiger partial charge in [0.25, 0.3) is 0 Å². The number of amides is 1. The van der Waals surface area contributed by atoms with E-state index in [1.807, 2.05) is 0 Å². The first-order chi connectivity index (χ1) is 10.3. The van der Waals surface area contributed by atoms with Crippen LogP contribution >= 0.6 is 0 Å². The van der Waals surface area contributed by atoms with E-state index < -0.39 is 11.6 Å². The minimum absolute atomic E-state index is 0.0542. The average molecular weight is 312 g/mol. The third kappa shape index (κ3) is 6.10. The van der Waals surface area contributed by atoms with Crippen LogP contribution in [0.25, 0.3) is 0 Å². The Morgan fingerprint density at radius 3 is 2.55 bits per heavy atom. The molecule has 3 nitrogen and oxygen atoms in total. The maximum Gasteiger partial charge on any atom is 0.222 e. The molecule has 1 amide bonds. The normalized spacial score (nSPS) is 12.5. The average Bonchev–Trinajstić information content (AvgIpc) is 2.47. The zero-order valence-corrected chi connectivity index (χ0v) is 13.6. The van der Waals surface area contributed by atoms with Crippen LogP contribution < -0.4 is 5.73 Å². The van der Waals surface area contributed by atoms with E-state index in [9.17, 15) is 13.6 Å². The number of aryl methyl sites for hydroxylation is 1. The molecule has 0 heterocycles. The number of benzene rings is 1. The van der Waals surface area contributed by atoms with E-state index in [1.54, 1.807) is 18.0 Å². The lowest BCUT2D eigenvalue weighted by Gasteiger charge is -2.21. The van der Waals surface area contributed by atoms with Crippen molar-refractivity contribution in [1.82, 2.24) is 4.90 Å². The van der Waals surface area contributed by atoms with Gasteiger partial charge in [-0.15, -0.1) is 0 Å². The van der Waals surface area contributed by atoms with Crippen molar-refractivity contribution in [2.45, 2.75) is 45.6 Å². The molecule has 1 unspecified atom stereocenters. The van der Waals surface area contributed by atoms with Crippen LogP contribution in [0, 0.1) is 17.6 Å². The number of nitrogens with two attached hydrogens (primary N) is 1. The van der Waals surface area contributed by atoms with Crippen molar-refractivity contribution in [3.63, 3.8) is 0 Å². The van der Waals surface area contributed by atoms with E-state index in [-0.39, 0.29) is 11.9 Å². The topological polar surface area (TPSA) is 46.3 Å². The van der Waals surface area contributed by atoms with Crippen molar-refractivity contribution in [1.29, 1.82) is 0 Å². The molecule has 0 bridgehead atoms. The predicted molar refractivity (Wildman–Crippen MR) is 84.4 cm³/mol. The third-order valence-corrected chi connectivity index (χ3v) is 3.92. The van der Waals surface area contributed by atoms with E-state index >= 15 is 0 Å². The molecule has 22 heavy (non-hydrogen) atoms. The van der Waals surface area contributed by atoms with E-state index in [2.05, 4.69) is 13.8 Å². The molecule has 1 rings (SSSR count). The van der Waals surface area contributed by atoms with E-state index in [0.717, 1.165) is 12.5 Å². The van der Waals surface area contributed by atoms with Crippen LogP contribution in [0.5, 0.6) is 0 Å². The maximum absolute atomic E-state index is 13.1. The molecule has 0 aliphatic rings. The Labute approximate surface area is 131 Å². The smallest absolute Gasteiger partial charge is 0.222 e. The predicted octanol–water partition coefficient (Wildman–Crippen LogP) is 3.12. The SMILES string of the molecule is CC(C)C(N)CCN(C)C(=O)CCCc1ccc(F)c(F)c1. The van der Waals surface area contributed by atoms with E-state index in [1.165, 1.54) is 6.07 Å². The molecular weight excluding hydrogens is 286 g/mol. The van der Waals surface area contributed by atoms with Crippen LogP contribution in [0.2, 0.25) is 0 Å². The Morgan fingerprint density at radius 2 is 1.95 bits per heavy atom. The first-order valence-corrected chi connectivity index (χ1v) is 7.74. The van der Waals surface area contributed by atoms with Gasteiger partial charge in [0.1, 0.15) is 0 Å². The van der Waals surface area contributed by atoms with Crippen molar-refractivity contribution in [3.05, 3.63) is 35.4 Å². The van der Waals surface area contributed by atoms with Crippen LogP contribution in [-0.4, -0.2) is 30.4 Å². The zero-order chi connectivity index (χ0) is 16.7. The van der Waals surface area contributed by atoms with Crippen molar-refractivity contribution in [2.75, 3.05) is 13.6 Å². The van der Waals surface area contributed by atoms with Gasteiger partial charge in [-0.25, -0.2) is 8.78 Å². The molecule has 0 aromatic heterocycles. The summed E-state index contributed by atoms with van der Waals surface area (Å²) in [5.41, 5.74) is 6.67. The second-order valence-corrected chi connectivity index (χ2v) is 6.11. The van der Waals surface area contributed by atoms with Crippen LogP contribution in [0.1, 0.15) is 38.7 Å². The van der Waals surface area contributed by atoms with Crippen LogP contribution in [0.4, 0.5) is 8.78 Å². The number of nitrogens with zero attached hydrogens (tertiary/aromatic N) is 1. The number of rotatable bonds is 8. The van der Waals surface area contributed by atoms with Gasteiger partial charge in [0, 0.05) is 26.1 Å². The molecule has 5 heteroatoms. The van der Waals surface area contributed by atoms with Gasteiger partial charge in [0.05, 0.1) is 0 Å². The number of carbonyl (C=O) groups is 1. The molecule has 0 aliphatic carbocycles. The van der Waals surface area contributed by atoms with Gasteiger partial charge in [-0.05, 0) is 42.9 Å². The highest BCUT2D eigenvalue weighted by Gasteiger charge is 2.12. The Kier molecular flexibility index (Phi) is 7.45. The molecule has 0 spiro atoms. The molecule has 0 radical (unpaired) electrons. The molecule has 124 valence electrons. The fourth-order valence-electron chi connectivity index (χ4n) is 2.13. The number of hydrogen-bond donors (Lipinski definition) is 1. The van der Waals surface area contributed by atoms with E-state index in [4.69, 9.17) is 5.73 Å². The second kappa shape index (κ2) is 8.83. The summed E-state index contributed by atoms with van der Waals surface area (Å²) in [5, 5.41) is 0. The summed E-state index contributed by atoms with van der Waals surface area (Å²) < 4.78 is 25.9. The Balaban J connectivity index is 2.31. The third-order valence-electron chi connectivity index (χ3n) is 3.92. The molecule has 2 N–H and O–H groups in total. The quantitative estimate of drug-likeness (QED) is 0.801. The first kappa shape index (κ1) is 18.6. The largest absolute Gasteiger partial charge is 0.346 e. The van der Waals surface area contributed by atoms with Gasteiger partial charge in [-0.2, -0.15) is 0 Å². The van der Waals surface area contributed by atoms with Crippen molar-refractivity contribution in [2.24, 2.45) is 11.7 Å². The molecule has 1 aromatic rings. The van der Waals surface area contributed by atoms with Gasteiger partial charge < -0.3 is 10.6 Å². The summed E-state index contributed by atoms with van der Waals surface area (Å²) in [6, 6.07) is 3.95. The maximum atomic E-state index is 13.1. The Hall–Kier alpha value is -1.49. The fraction of sp³-hybridized carbons (Fsp3) is 0.588. The fourth-order valence-corrected chi connectivity index (χ4v) is 2.13. The highest BCUT2D eigenvalue weighted by molar-refractivity contribution is 5.75. The van der Waals surface area contributed by atoms with Crippen molar-refractivity contribution < 1.29 is 13.6 Å². The molecular formula is C17H26F2N2O. The van der Waals surface area contributed by atoms with Gasteiger partial charge >= 0.3 is 0 Å². The van der Waals surface area contributed by atoms with Gasteiger partial charge in [-0.1, -0.05) is 19.9 Å². The summed E-state index contributed by atoms with van der Waals surface area (Å²) in [6.07, 6.45) is 2.35. The lowest BCUT2D eigenvalue weighted by Crippen LogP contribution is -2.34. The molecule has 0 aliphatic heterocycles. The standard InChI is InChI=1S/C17H26F2N2O/c1-12(2)16(20)9-10-21(3)17(22)6-4-5-13-7-8-14(18)15(19)11-13/h7-8,11-12,16H,4-6,9-10,20H2,1-3H3. The summed E-state index contributed by atoms with van der Waals surface area (Å²) in [4.78, 5) is 13.7. The summed E-state index contributed by atoms with van der Waals surface area (Å²) in [6.45, 7) is 4.77. The van der Waals surface area contributed by atoms with Crippen LogP contribution in [0.3, 0.4) is 0 Å². The minimum atomic E-state index is -0.846. The summed E-state index contributed by atoms with van der Waals surface area (Å²) in [7, 11) is 1.77. The summed E-state index contributed by atoms with van der Waals surface area (Å²) in [5.74, 6) is -1.24. The first-order valence-electron chi connectivity index (χ1n) is 7.74. The molecule has 0 saturated heterocycles. The summed E-state index contributed by atoms with van der Waals surface area (Å²) >= 11 is 0. The van der Waals surface area contributed by atoms with Gasteiger partial charge in [-0.3, -0.25) is 4.79 Å². The van der Waals surface area contributed by atoms with Crippen LogP contribution in [-0.2, 0) is 11.2 Å². The minimum Gasteiger partial charge on any atom is -0.346 e. The Bertz CT molecular complexity index is 492. The lowest BCUT2D eigenvalue weighted by atomic mass is 10.0. The van der Waals surface area contributed by atoms with Crippen molar-refractivity contribution in [3.8, 4) is 0 Å². The molecule has 1 atom stereocenters. The zero-order valence-electron chi connectivity index (χ0n) is 13.6. The van der Waals surface area contributed by atoms with E-state index in [0.29, 0.717) is 37.3 Å².